The van der Waals surface area contributed by atoms with Crippen molar-refractivity contribution in [3.05, 3.63) is 0 Å². The Morgan fingerprint density at radius 3 is 2.65 bits per heavy atom. The summed E-state index contributed by atoms with van der Waals surface area (Å²) in [6, 6.07) is 0. The highest BCUT2D eigenvalue weighted by atomic mass is 16.5. The van der Waals surface area contributed by atoms with Crippen LogP contribution in [0.5, 0.6) is 0 Å². The highest BCUT2D eigenvalue weighted by Crippen LogP contribution is 2.26. The van der Waals surface area contributed by atoms with Crippen molar-refractivity contribution in [3.63, 3.8) is 0 Å². The maximum Gasteiger partial charge on any atom is 0.308 e. The molecule has 114 valence electrons. The number of rotatable bonds is 4. The number of nitrogens with zero attached hydrogens (tertiary/aromatic N) is 1. The van der Waals surface area contributed by atoms with E-state index in [2.05, 4.69) is 6.92 Å². The highest BCUT2D eigenvalue weighted by molar-refractivity contribution is 5.79. The molecule has 2 rings (SSSR count). The van der Waals surface area contributed by atoms with E-state index in [0.29, 0.717) is 25.4 Å². The number of amides is 1. The third kappa shape index (κ3) is 3.95. The Morgan fingerprint density at radius 1 is 1.20 bits per heavy atom. The standard InChI is InChI=1S/C15H25NO4/c1-11-5-2-3-7-13(11)20-10-14(17)16-8-4-6-12(9-16)15(18)19/h11-13H,2-10H2,1H3,(H,18,19)/t11-,12+,13+/m1/s1. The number of piperidine rings is 1. The van der Waals surface area contributed by atoms with Gasteiger partial charge in [0, 0.05) is 13.1 Å². The third-order valence-electron chi connectivity index (χ3n) is 4.58. The van der Waals surface area contributed by atoms with Crippen molar-refractivity contribution < 1.29 is 19.4 Å². The Bertz CT molecular complexity index is 358. The lowest BCUT2D eigenvalue weighted by molar-refractivity contribution is -0.148. The molecule has 1 saturated heterocycles. The van der Waals surface area contributed by atoms with E-state index in [4.69, 9.17) is 9.84 Å². The molecule has 5 nitrogen and oxygen atoms in total. The molecule has 1 saturated carbocycles. The summed E-state index contributed by atoms with van der Waals surface area (Å²) in [5.74, 6) is -0.760. The summed E-state index contributed by atoms with van der Waals surface area (Å²) in [7, 11) is 0. The molecule has 1 aliphatic heterocycles. The van der Waals surface area contributed by atoms with Crippen LogP contribution in [-0.4, -0.2) is 47.7 Å². The fourth-order valence-electron chi connectivity index (χ4n) is 3.20. The average molecular weight is 283 g/mol. The van der Waals surface area contributed by atoms with Gasteiger partial charge in [0.2, 0.25) is 5.91 Å². The summed E-state index contributed by atoms with van der Waals surface area (Å²) in [4.78, 5) is 24.8. The van der Waals surface area contributed by atoms with Gasteiger partial charge in [-0.1, -0.05) is 19.8 Å². The number of carbonyl (C=O) groups is 2. The number of carboxylic acids is 1. The Labute approximate surface area is 120 Å². The van der Waals surface area contributed by atoms with Crippen LogP contribution < -0.4 is 0 Å². The summed E-state index contributed by atoms with van der Waals surface area (Å²) in [5, 5.41) is 9.04. The fourth-order valence-corrected chi connectivity index (χ4v) is 3.20. The van der Waals surface area contributed by atoms with E-state index in [9.17, 15) is 9.59 Å². The second-order valence-corrected chi connectivity index (χ2v) is 6.13. The van der Waals surface area contributed by atoms with Crippen LogP contribution in [0.2, 0.25) is 0 Å². The fraction of sp³-hybridized carbons (Fsp3) is 0.867. The normalized spacial score (nSPS) is 31.1. The summed E-state index contributed by atoms with van der Waals surface area (Å²) in [5.41, 5.74) is 0. The first-order valence-corrected chi connectivity index (χ1v) is 7.70. The van der Waals surface area contributed by atoms with Gasteiger partial charge in [0.25, 0.3) is 0 Å². The predicted octanol–water partition coefficient (Wildman–Crippen LogP) is 1.90. The third-order valence-corrected chi connectivity index (χ3v) is 4.58. The van der Waals surface area contributed by atoms with E-state index in [1.54, 1.807) is 4.90 Å². The zero-order valence-electron chi connectivity index (χ0n) is 12.2. The maximum atomic E-state index is 12.1. The van der Waals surface area contributed by atoms with E-state index >= 15 is 0 Å². The maximum absolute atomic E-state index is 12.1. The molecule has 0 aromatic heterocycles. The van der Waals surface area contributed by atoms with Gasteiger partial charge < -0.3 is 14.7 Å². The van der Waals surface area contributed by atoms with Crippen molar-refractivity contribution in [3.8, 4) is 0 Å². The van der Waals surface area contributed by atoms with Crippen LogP contribution in [0, 0.1) is 11.8 Å². The van der Waals surface area contributed by atoms with Gasteiger partial charge in [0.1, 0.15) is 6.61 Å². The molecule has 5 heteroatoms. The summed E-state index contributed by atoms with van der Waals surface area (Å²) in [6.45, 7) is 3.26. The minimum atomic E-state index is -0.802. The molecular weight excluding hydrogens is 258 g/mol. The van der Waals surface area contributed by atoms with Crippen molar-refractivity contribution in [1.29, 1.82) is 0 Å². The smallest absolute Gasteiger partial charge is 0.308 e. The highest BCUT2D eigenvalue weighted by Gasteiger charge is 2.29. The van der Waals surface area contributed by atoms with Gasteiger partial charge in [-0.05, 0) is 31.6 Å². The van der Waals surface area contributed by atoms with Gasteiger partial charge >= 0.3 is 5.97 Å². The van der Waals surface area contributed by atoms with Crippen molar-refractivity contribution in [2.24, 2.45) is 11.8 Å². The average Bonchev–Trinajstić information content (AvgIpc) is 2.46. The molecule has 1 heterocycles. The molecule has 2 fully saturated rings. The molecule has 1 aliphatic carbocycles. The van der Waals surface area contributed by atoms with Gasteiger partial charge in [-0.25, -0.2) is 0 Å². The molecule has 0 aromatic rings. The van der Waals surface area contributed by atoms with E-state index < -0.39 is 11.9 Å². The number of hydrogen-bond donors (Lipinski definition) is 1. The van der Waals surface area contributed by atoms with Crippen LogP contribution in [0.15, 0.2) is 0 Å². The topological polar surface area (TPSA) is 66.8 Å². The van der Waals surface area contributed by atoms with E-state index in [1.165, 1.54) is 19.3 Å². The van der Waals surface area contributed by atoms with Gasteiger partial charge in [0.05, 0.1) is 12.0 Å². The summed E-state index contributed by atoms with van der Waals surface area (Å²) < 4.78 is 5.77. The first-order valence-electron chi connectivity index (χ1n) is 7.70. The largest absolute Gasteiger partial charge is 0.481 e. The van der Waals surface area contributed by atoms with Gasteiger partial charge in [-0.2, -0.15) is 0 Å². The number of carbonyl (C=O) groups excluding carboxylic acids is 1. The van der Waals surface area contributed by atoms with Crippen LogP contribution >= 0.6 is 0 Å². The number of ether oxygens (including phenoxy) is 1. The molecule has 0 bridgehead atoms. The molecule has 2 aliphatic rings. The Balaban J connectivity index is 1.77. The summed E-state index contributed by atoms with van der Waals surface area (Å²) >= 11 is 0. The molecule has 3 atom stereocenters. The quantitative estimate of drug-likeness (QED) is 0.855. The van der Waals surface area contributed by atoms with Crippen molar-refractivity contribution in [2.45, 2.75) is 51.6 Å². The van der Waals surface area contributed by atoms with E-state index in [-0.39, 0.29) is 18.6 Å². The molecule has 20 heavy (non-hydrogen) atoms. The van der Waals surface area contributed by atoms with Crippen LogP contribution in [0.4, 0.5) is 0 Å². The Hall–Kier alpha value is -1.10. The monoisotopic (exact) mass is 283 g/mol. The molecule has 1 amide bonds. The van der Waals surface area contributed by atoms with Crippen LogP contribution in [0.25, 0.3) is 0 Å². The Kier molecular flexibility index (Phi) is 5.40. The second-order valence-electron chi connectivity index (χ2n) is 6.13. The van der Waals surface area contributed by atoms with Crippen molar-refractivity contribution in [2.75, 3.05) is 19.7 Å². The minimum Gasteiger partial charge on any atom is -0.481 e. The minimum absolute atomic E-state index is 0.0614. The number of hydrogen-bond acceptors (Lipinski definition) is 3. The van der Waals surface area contributed by atoms with Crippen LogP contribution in [0.3, 0.4) is 0 Å². The zero-order valence-corrected chi connectivity index (χ0v) is 12.2. The molecule has 0 spiro atoms. The number of likely N-dealkylation sites (tertiary alicyclic amines) is 1. The lowest BCUT2D eigenvalue weighted by atomic mass is 9.88. The predicted molar refractivity (Wildman–Crippen MR) is 74.3 cm³/mol. The zero-order chi connectivity index (χ0) is 14.5. The van der Waals surface area contributed by atoms with Crippen LogP contribution in [-0.2, 0) is 14.3 Å². The lowest BCUT2D eigenvalue weighted by Gasteiger charge is -2.32. The van der Waals surface area contributed by atoms with Crippen molar-refractivity contribution in [1.82, 2.24) is 4.90 Å². The van der Waals surface area contributed by atoms with Crippen LogP contribution in [0.1, 0.15) is 45.4 Å². The number of carboxylic acid groups (broad SMARTS) is 1. The molecule has 0 radical (unpaired) electrons. The molecule has 0 unspecified atom stereocenters. The van der Waals surface area contributed by atoms with E-state index in [1.807, 2.05) is 0 Å². The second kappa shape index (κ2) is 7.07. The molecule has 0 aromatic carbocycles. The lowest BCUT2D eigenvalue weighted by Crippen LogP contribution is -2.44. The van der Waals surface area contributed by atoms with Gasteiger partial charge in [-0.15, -0.1) is 0 Å². The van der Waals surface area contributed by atoms with E-state index in [0.717, 1.165) is 12.8 Å². The SMILES string of the molecule is C[C@@H]1CCCC[C@@H]1OCC(=O)N1CCC[C@H](C(=O)O)C1. The van der Waals surface area contributed by atoms with Gasteiger partial charge in [0.15, 0.2) is 0 Å². The molecule has 1 N–H and O–H groups in total. The van der Waals surface area contributed by atoms with Crippen molar-refractivity contribution >= 4 is 11.9 Å². The first-order chi connectivity index (χ1) is 9.58. The molecular formula is C15H25NO4. The Morgan fingerprint density at radius 2 is 1.95 bits per heavy atom. The first kappa shape index (κ1) is 15.3. The van der Waals surface area contributed by atoms with Gasteiger partial charge in [-0.3, -0.25) is 9.59 Å². The number of aliphatic carboxylic acids is 1. The summed E-state index contributed by atoms with van der Waals surface area (Å²) in [6.07, 6.45) is 6.25.